The number of carbonyl (C=O) groups is 1. The second kappa shape index (κ2) is 4.73. The zero-order valence-corrected chi connectivity index (χ0v) is 11.2. The number of carboxylic acids is 1. The first-order chi connectivity index (χ1) is 8.43. The minimum atomic E-state index is -1.24. The summed E-state index contributed by atoms with van der Waals surface area (Å²) in [5, 5.41) is 9.49. The first-order valence-electron chi connectivity index (χ1n) is 6.38. The molecule has 0 aliphatic heterocycles. The van der Waals surface area contributed by atoms with Crippen LogP contribution in [0.4, 0.5) is 0 Å². The molecule has 0 saturated heterocycles. The number of rotatable bonds is 5. The molecule has 1 aliphatic rings. The lowest BCUT2D eigenvalue weighted by Gasteiger charge is -2.27. The summed E-state index contributed by atoms with van der Waals surface area (Å²) in [7, 11) is 0. The topological polar surface area (TPSA) is 46.5 Å². The number of benzene rings is 1. The van der Waals surface area contributed by atoms with Crippen LogP contribution in [-0.4, -0.2) is 17.7 Å². The molecular formula is C15H20O3. The van der Waals surface area contributed by atoms with E-state index < -0.39 is 11.6 Å². The van der Waals surface area contributed by atoms with Gasteiger partial charge < -0.3 is 9.84 Å². The third-order valence-corrected chi connectivity index (χ3v) is 3.61. The van der Waals surface area contributed by atoms with Crippen molar-refractivity contribution in [1.82, 2.24) is 0 Å². The minimum Gasteiger partial charge on any atom is -0.479 e. The molecule has 3 nitrogen and oxygen atoms in total. The Hall–Kier alpha value is -1.35. The maximum absolute atomic E-state index is 11.6. The molecule has 1 aromatic rings. The first-order valence-corrected chi connectivity index (χ1v) is 6.38. The highest BCUT2D eigenvalue weighted by atomic mass is 16.5. The highest BCUT2D eigenvalue weighted by molar-refractivity contribution is 5.79. The van der Waals surface area contributed by atoms with Gasteiger partial charge in [-0.15, -0.1) is 0 Å². The summed E-state index contributed by atoms with van der Waals surface area (Å²) < 4.78 is 5.72. The van der Waals surface area contributed by atoms with Crippen molar-refractivity contribution in [3.63, 3.8) is 0 Å². The Balaban J connectivity index is 2.29. The van der Waals surface area contributed by atoms with E-state index in [4.69, 9.17) is 4.74 Å². The van der Waals surface area contributed by atoms with Crippen molar-refractivity contribution in [3.05, 3.63) is 34.9 Å². The fraction of sp³-hybridized carbons (Fsp3) is 0.533. The third-order valence-electron chi connectivity index (χ3n) is 3.61. The molecule has 1 saturated carbocycles. The van der Waals surface area contributed by atoms with Gasteiger partial charge in [-0.25, -0.2) is 4.79 Å². The molecule has 0 heterocycles. The predicted octanol–water partition coefficient (Wildman–Crippen LogP) is 3.03. The van der Waals surface area contributed by atoms with Gasteiger partial charge in [0.15, 0.2) is 5.60 Å². The lowest BCUT2D eigenvalue weighted by atomic mass is 9.90. The standard InChI is InChI=1S/C15H20O3/c1-10-4-7-13(11(2)8-10)15(3,14(16)17)18-9-12-5-6-12/h4,7-8,12H,5-6,9H2,1-3H3,(H,16,17). The monoisotopic (exact) mass is 248 g/mol. The van der Waals surface area contributed by atoms with Gasteiger partial charge in [0.05, 0.1) is 6.61 Å². The van der Waals surface area contributed by atoms with Gasteiger partial charge in [-0.05, 0) is 50.7 Å². The fourth-order valence-corrected chi connectivity index (χ4v) is 2.17. The molecule has 0 amide bonds. The van der Waals surface area contributed by atoms with Crippen molar-refractivity contribution in [2.24, 2.45) is 5.92 Å². The summed E-state index contributed by atoms with van der Waals surface area (Å²) in [6.07, 6.45) is 2.31. The van der Waals surface area contributed by atoms with Crippen LogP contribution in [0.2, 0.25) is 0 Å². The van der Waals surface area contributed by atoms with Crippen LogP contribution in [0.3, 0.4) is 0 Å². The summed E-state index contributed by atoms with van der Waals surface area (Å²) in [4.78, 5) is 11.6. The Morgan fingerprint density at radius 3 is 2.61 bits per heavy atom. The number of aliphatic carboxylic acids is 1. The van der Waals surface area contributed by atoms with Gasteiger partial charge >= 0.3 is 5.97 Å². The van der Waals surface area contributed by atoms with Gasteiger partial charge in [-0.1, -0.05) is 23.8 Å². The molecule has 1 N–H and O–H groups in total. The highest BCUT2D eigenvalue weighted by Crippen LogP contribution is 2.34. The van der Waals surface area contributed by atoms with E-state index in [9.17, 15) is 9.90 Å². The van der Waals surface area contributed by atoms with E-state index in [2.05, 4.69) is 0 Å². The smallest absolute Gasteiger partial charge is 0.340 e. The van der Waals surface area contributed by atoms with Gasteiger partial charge in [-0.3, -0.25) is 0 Å². The van der Waals surface area contributed by atoms with E-state index in [0.717, 1.165) is 29.5 Å². The Morgan fingerprint density at radius 1 is 1.44 bits per heavy atom. The van der Waals surface area contributed by atoms with Gasteiger partial charge in [-0.2, -0.15) is 0 Å². The summed E-state index contributed by atoms with van der Waals surface area (Å²) in [5.74, 6) is -0.371. The molecule has 98 valence electrons. The molecule has 2 rings (SSSR count). The molecule has 1 aromatic carbocycles. The molecule has 0 bridgehead atoms. The van der Waals surface area contributed by atoms with Crippen LogP contribution in [0.25, 0.3) is 0 Å². The molecular weight excluding hydrogens is 228 g/mol. The van der Waals surface area contributed by atoms with Crippen LogP contribution in [0.5, 0.6) is 0 Å². The van der Waals surface area contributed by atoms with Crippen LogP contribution in [0.15, 0.2) is 18.2 Å². The second-order valence-corrected chi connectivity index (χ2v) is 5.41. The Labute approximate surface area is 108 Å². The molecule has 0 aromatic heterocycles. The van der Waals surface area contributed by atoms with E-state index in [0.29, 0.717) is 12.5 Å². The predicted molar refractivity (Wildman–Crippen MR) is 69.6 cm³/mol. The molecule has 1 fully saturated rings. The highest BCUT2D eigenvalue weighted by Gasteiger charge is 2.39. The second-order valence-electron chi connectivity index (χ2n) is 5.41. The largest absolute Gasteiger partial charge is 0.479 e. The lowest BCUT2D eigenvalue weighted by molar-refractivity contribution is -0.166. The average Bonchev–Trinajstić information content (AvgIpc) is 3.09. The van der Waals surface area contributed by atoms with E-state index in [1.54, 1.807) is 6.92 Å². The maximum atomic E-state index is 11.6. The summed E-state index contributed by atoms with van der Waals surface area (Å²) in [6.45, 7) is 6.12. The van der Waals surface area contributed by atoms with E-state index in [-0.39, 0.29) is 0 Å². The average molecular weight is 248 g/mol. The van der Waals surface area contributed by atoms with Crippen molar-refractivity contribution in [1.29, 1.82) is 0 Å². The van der Waals surface area contributed by atoms with Crippen molar-refractivity contribution in [2.75, 3.05) is 6.61 Å². The quantitative estimate of drug-likeness (QED) is 0.871. The van der Waals surface area contributed by atoms with Gasteiger partial charge in [0.1, 0.15) is 0 Å². The minimum absolute atomic E-state index is 0.538. The molecule has 1 aliphatic carbocycles. The van der Waals surface area contributed by atoms with Crippen LogP contribution < -0.4 is 0 Å². The van der Waals surface area contributed by atoms with E-state index in [1.165, 1.54) is 0 Å². The van der Waals surface area contributed by atoms with E-state index >= 15 is 0 Å². The summed E-state index contributed by atoms with van der Waals surface area (Å²) >= 11 is 0. The Kier molecular flexibility index (Phi) is 3.44. The molecule has 1 atom stereocenters. The maximum Gasteiger partial charge on any atom is 0.340 e. The molecule has 0 spiro atoms. The number of hydrogen-bond donors (Lipinski definition) is 1. The van der Waals surface area contributed by atoms with E-state index in [1.807, 2.05) is 32.0 Å². The van der Waals surface area contributed by atoms with Crippen molar-refractivity contribution in [2.45, 2.75) is 39.2 Å². The van der Waals surface area contributed by atoms with Gasteiger partial charge in [0.2, 0.25) is 0 Å². The molecule has 18 heavy (non-hydrogen) atoms. The molecule has 0 radical (unpaired) electrons. The SMILES string of the molecule is Cc1ccc(C(C)(OCC2CC2)C(=O)O)c(C)c1. The fourth-order valence-electron chi connectivity index (χ4n) is 2.17. The van der Waals surface area contributed by atoms with Crippen LogP contribution in [-0.2, 0) is 15.1 Å². The number of aryl methyl sites for hydroxylation is 2. The first kappa shape index (κ1) is 13.1. The number of ether oxygens (including phenoxy) is 1. The van der Waals surface area contributed by atoms with Gasteiger partial charge in [0, 0.05) is 0 Å². The van der Waals surface area contributed by atoms with Crippen molar-refractivity contribution in [3.8, 4) is 0 Å². The Bertz CT molecular complexity index is 463. The summed E-state index contributed by atoms with van der Waals surface area (Å²) in [5.41, 5.74) is 1.61. The summed E-state index contributed by atoms with van der Waals surface area (Å²) in [6, 6.07) is 5.80. The van der Waals surface area contributed by atoms with Crippen molar-refractivity contribution < 1.29 is 14.6 Å². The lowest BCUT2D eigenvalue weighted by Crippen LogP contribution is -2.37. The zero-order chi connectivity index (χ0) is 13.3. The molecule has 1 unspecified atom stereocenters. The number of hydrogen-bond acceptors (Lipinski definition) is 2. The van der Waals surface area contributed by atoms with Crippen molar-refractivity contribution >= 4 is 5.97 Å². The van der Waals surface area contributed by atoms with Crippen LogP contribution in [0.1, 0.15) is 36.5 Å². The van der Waals surface area contributed by atoms with Crippen LogP contribution >= 0.6 is 0 Å². The normalized spacial score (nSPS) is 18.4. The van der Waals surface area contributed by atoms with Gasteiger partial charge in [0.25, 0.3) is 0 Å². The Morgan fingerprint density at radius 2 is 2.11 bits per heavy atom. The third kappa shape index (κ3) is 2.56. The van der Waals surface area contributed by atoms with Crippen LogP contribution in [0, 0.1) is 19.8 Å². The molecule has 3 heteroatoms. The zero-order valence-electron chi connectivity index (χ0n) is 11.2. The number of carboxylic acid groups (broad SMARTS) is 1.